The molecule has 0 bridgehead atoms. The van der Waals surface area contributed by atoms with Crippen molar-refractivity contribution in [2.24, 2.45) is 0 Å². The Kier molecular flexibility index (Phi) is 9.52. The third kappa shape index (κ3) is 7.96. The molecule has 2 N–H and O–H groups in total. The fraction of sp³-hybridized carbons (Fsp3) is 0.321. The first kappa shape index (κ1) is 28.9. The Morgan fingerprint density at radius 3 is 1.97 bits per heavy atom. The number of nitrogens with zero attached hydrogens (tertiary/aromatic N) is 2. The molecule has 0 spiro atoms. The molecule has 1 aliphatic heterocycles. The monoisotopic (exact) mass is 570 g/mol. The lowest BCUT2D eigenvalue weighted by molar-refractivity contribution is -0.116. The van der Waals surface area contributed by atoms with Crippen LogP contribution in [-0.4, -0.2) is 71.7 Å². The van der Waals surface area contributed by atoms with Gasteiger partial charge in [0.1, 0.15) is 0 Å². The van der Waals surface area contributed by atoms with Crippen LogP contribution in [-0.2, 0) is 37.7 Å². The maximum atomic E-state index is 12.9. The summed E-state index contributed by atoms with van der Waals surface area (Å²) in [6.45, 7) is 2.59. The molecule has 0 unspecified atom stereocenters. The lowest BCUT2D eigenvalue weighted by Crippen LogP contribution is -2.46. The predicted octanol–water partition coefficient (Wildman–Crippen LogP) is 2.72. The Morgan fingerprint density at radius 1 is 0.744 bits per heavy atom. The fourth-order valence-corrected chi connectivity index (χ4v) is 6.72. The molecular weight excluding hydrogens is 536 g/mol. The Balaban J connectivity index is 1.24. The summed E-state index contributed by atoms with van der Waals surface area (Å²) < 4.78 is 55.0. The maximum Gasteiger partial charge on any atom is 0.243 e. The lowest BCUT2D eigenvalue weighted by atomic mass is 10.1. The first-order valence-corrected chi connectivity index (χ1v) is 15.8. The summed E-state index contributed by atoms with van der Waals surface area (Å²) in [7, 11) is -5.22. The summed E-state index contributed by atoms with van der Waals surface area (Å²) >= 11 is 0. The van der Waals surface area contributed by atoms with Crippen molar-refractivity contribution in [1.82, 2.24) is 13.9 Å². The minimum atomic E-state index is -3.62. The zero-order chi connectivity index (χ0) is 27.9. The SMILES string of the molecule is CN1CCN(S(=O)(=O)c2ccc(NC(=O)CCc3ccc(S(=O)(=O)NCCc4ccccc4)cc3)cc2)CC1. The lowest BCUT2D eigenvalue weighted by Gasteiger charge is -2.31. The maximum absolute atomic E-state index is 12.9. The molecule has 1 amide bonds. The summed E-state index contributed by atoms with van der Waals surface area (Å²) in [4.78, 5) is 14.9. The van der Waals surface area contributed by atoms with E-state index in [1.54, 1.807) is 24.3 Å². The number of carbonyl (C=O) groups excluding carboxylic acids is 1. The topological polar surface area (TPSA) is 116 Å². The number of sulfonamides is 2. The molecule has 0 aliphatic carbocycles. The summed E-state index contributed by atoms with van der Waals surface area (Å²) in [5.74, 6) is -0.219. The Morgan fingerprint density at radius 2 is 1.33 bits per heavy atom. The number of aryl methyl sites for hydroxylation is 1. The van der Waals surface area contributed by atoms with Gasteiger partial charge in [0.2, 0.25) is 26.0 Å². The van der Waals surface area contributed by atoms with Crippen LogP contribution in [0.3, 0.4) is 0 Å². The molecule has 39 heavy (non-hydrogen) atoms. The molecule has 4 rings (SSSR count). The zero-order valence-corrected chi connectivity index (χ0v) is 23.5. The molecule has 1 aliphatic rings. The Labute approximate surface area is 230 Å². The van der Waals surface area contributed by atoms with E-state index in [1.807, 2.05) is 37.4 Å². The van der Waals surface area contributed by atoms with E-state index in [1.165, 1.54) is 28.6 Å². The van der Waals surface area contributed by atoms with Crippen LogP contribution in [0.25, 0.3) is 0 Å². The smallest absolute Gasteiger partial charge is 0.243 e. The second kappa shape index (κ2) is 12.8. The van der Waals surface area contributed by atoms with E-state index in [-0.39, 0.29) is 22.1 Å². The van der Waals surface area contributed by atoms with Crippen LogP contribution in [0.5, 0.6) is 0 Å². The van der Waals surface area contributed by atoms with Gasteiger partial charge in [-0.2, -0.15) is 4.31 Å². The van der Waals surface area contributed by atoms with Crippen molar-refractivity contribution in [3.8, 4) is 0 Å². The van der Waals surface area contributed by atoms with E-state index in [0.717, 1.165) is 11.1 Å². The van der Waals surface area contributed by atoms with Gasteiger partial charge in [-0.25, -0.2) is 21.6 Å². The molecule has 1 heterocycles. The van der Waals surface area contributed by atoms with Crippen LogP contribution in [0.4, 0.5) is 5.69 Å². The van der Waals surface area contributed by atoms with E-state index < -0.39 is 20.0 Å². The van der Waals surface area contributed by atoms with Gasteiger partial charge >= 0.3 is 0 Å². The molecule has 3 aromatic rings. The standard InChI is InChI=1S/C28H34N4O5S2/c1-31-19-21-32(22-20-31)39(36,37)27-14-10-25(11-15-27)30-28(33)16-9-24-7-12-26(13-8-24)38(34,35)29-18-17-23-5-3-2-4-6-23/h2-8,10-15,29H,9,16-22H2,1H3,(H,30,33). The number of hydrogen-bond donors (Lipinski definition) is 2. The summed E-state index contributed by atoms with van der Waals surface area (Å²) in [5, 5.41) is 2.79. The predicted molar refractivity (Wildman–Crippen MR) is 151 cm³/mol. The number of piperazine rings is 1. The second-order valence-electron chi connectivity index (χ2n) is 9.56. The van der Waals surface area contributed by atoms with Crippen LogP contribution < -0.4 is 10.0 Å². The number of hydrogen-bond acceptors (Lipinski definition) is 6. The largest absolute Gasteiger partial charge is 0.326 e. The van der Waals surface area contributed by atoms with E-state index in [2.05, 4.69) is 14.9 Å². The molecule has 11 heteroatoms. The second-order valence-corrected chi connectivity index (χ2v) is 13.3. The quantitative estimate of drug-likeness (QED) is 0.366. The third-order valence-corrected chi connectivity index (χ3v) is 10.1. The summed E-state index contributed by atoms with van der Waals surface area (Å²) in [5.41, 5.74) is 2.41. The van der Waals surface area contributed by atoms with Crippen molar-refractivity contribution in [2.45, 2.75) is 29.1 Å². The van der Waals surface area contributed by atoms with Crippen molar-refractivity contribution >= 4 is 31.6 Å². The summed E-state index contributed by atoms with van der Waals surface area (Å²) in [6, 6.07) is 22.3. The van der Waals surface area contributed by atoms with Crippen LogP contribution in [0, 0.1) is 0 Å². The van der Waals surface area contributed by atoms with Crippen LogP contribution in [0.2, 0.25) is 0 Å². The van der Waals surface area contributed by atoms with Gasteiger partial charge in [0.15, 0.2) is 0 Å². The number of nitrogens with one attached hydrogen (secondary N) is 2. The number of carbonyl (C=O) groups is 1. The minimum absolute atomic E-state index is 0.176. The highest BCUT2D eigenvalue weighted by Crippen LogP contribution is 2.20. The van der Waals surface area contributed by atoms with Gasteiger partial charge in [0.25, 0.3) is 0 Å². The molecule has 0 aromatic heterocycles. The highest BCUT2D eigenvalue weighted by Gasteiger charge is 2.27. The van der Waals surface area contributed by atoms with E-state index in [4.69, 9.17) is 0 Å². The molecule has 1 saturated heterocycles. The number of amides is 1. The average Bonchev–Trinajstić information content (AvgIpc) is 2.93. The van der Waals surface area contributed by atoms with Crippen LogP contribution in [0.1, 0.15) is 17.5 Å². The average molecular weight is 571 g/mol. The minimum Gasteiger partial charge on any atom is -0.326 e. The molecular formula is C28H34N4O5S2. The van der Waals surface area contributed by atoms with E-state index in [0.29, 0.717) is 51.3 Å². The van der Waals surface area contributed by atoms with E-state index >= 15 is 0 Å². The molecule has 0 atom stereocenters. The van der Waals surface area contributed by atoms with E-state index in [9.17, 15) is 21.6 Å². The van der Waals surface area contributed by atoms with Crippen LogP contribution >= 0.6 is 0 Å². The van der Waals surface area contributed by atoms with Crippen molar-refractivity contribution in [3.05, 3.63) is 90.0 Å². The fourth-order valence-electron chi connectivity index (χ4n) is 4.26. The van der Waals surface area contributed by atoms with Crippen molar-refractivity contribution in [1.29, 1.82) is 0 Å². The zero-order valence-electron chi connectivity index (χ0n) is 21.9. The highest BCUT2D eigenvalue weighted by atomic mass is 32.2. The molecule has 0 saturated carbocycles. The Hall–Kier alpha value is -3.09. The van der Waals surface area contributed by atoms with Gasteiger partial charge in [-0.15, -0.1) is 0 Å². The van der Waals surface area contributed by atoms with Gasteiger partial charge in [-0.3, -0.25) is 4.79 Å². The number of likely N-dealkylation sites (N-methyl/N-ethyl adjacent to an activating group) is 1. The van der Waals surface area contributed by atoms with Crippen molar-refractivity contribution in [2.75, 3.05) is 45.1 Å². The van der Waals surface area contributed by atoms with Gasteiger partial charge in [-0.1, -0.05) is 42.5 Å². The molecule has 3 aromatic carbocycles. The first-order chi connectivity index (χ1) is 18.6. The van der Waals surface area contributed by atoms with Crippen molar-refractivity contribution < 1.29 is 21.6 Å². The van der Waals surface area contributed by atoms with Crippen LogP contribution in [0.15, 0.2) is 88.7 Å². The van der Waals surface area contributed by atoms with Gasteiger partial charge in [-0.05, 0) is 67.4 Å². The van der Waals surface area contributed by atoms with Crippen molar-refractivity contribution in [3.63, 3.8) is 0 Å². The molecule has 208 valence electrons. The summed E-state index contributed by atoms with van der Waals surface area (Å²) in [6.07, 6.45) is 1.23. The third-order valence-electron chi connectivity index (χ3n) is 6.66. The molecule has 9 nitrogen and oxygen atoms in total. The molecule has 0 radical (unpaired) electrons. The number of rotatable bonds is 11. The highest BCUT2D eigenvalue weighted by molar-refractivity contribution is 7.89. The molecule has 1 fully saturated rings. The first-order valence-electron chi connectivity index (χ1n) is 12.8. The number of anilines is 1. The normalized spacial score (nSPS) is 15.2. The van der Waals surface area contributed by atoms with Gasteiger partial charge in [0, 0.05) is 44.8 Å². The Bertz CT molecular complexity index is 1450. The number of benzene rings is 3. The van der Waals surface area contributed by atoms with Gasteiger partial charge < -0.3 is 10.2 Å². The van der Waals surface area contributed by atoms with Gasteiger partial charge in [0.05, 0.1) is 9.79 Å².